The van der Waals surface area contributed by atoms with Crippen molar-refractivity contribution in [1.82, 2.24) is 0 Å². The molecule has 0 aliphatic rings. The van der Waals surface area contributed by atoms with Crippen molar-refractivity contribution < 1.29 is 13.9 Å². The Bertz CT molecular complexity index is 496. The van der Waals surface area contributed by atoms with Crippen molar-refractivity contribution in [1.29, 1.82) is 0 Å². The number of carbonyl (C=O) groups is 1. The predicted molar refractivity (Wildman–Crippen MR) is 62.6 cm³/mol. The van der Waals surface area contributed by atoms with E-state index in [1.54, 1.807) is 19.1 Å². The van der Waals surface area contributed by atoms with Crippen molar-refractivity contribution in [2.24, 2.45) is 5.11 Å². The molecule has 0 bridgehead atoms. The number of hydrogen-bond acceptors (Lipinski definition) is 4. The van der Waals surface area contributed by atoms with Gasteiger partial charge in [-0.05, 0) is 24.6 Å². The summed E-state index contributed by atoms with van der Waals surface area (Å²) < 4.78 is 9.85. The zero-order valence-corrected chi connectivity index (χ0v) is 9.29. The summed E-state index contributed by atoms with van der Waals surface area (Å²) in [7, 11) is 0. The molecule has 1 rings (SSSR count). The van der Waals surface area contributed by atoms with Crippen LogP contribution in [0.1, 0.15) is 18.2 Å². The number of nitrogens with zero attached hydrogens (tertiary/aromatic N) is 3. The Hall–Kier alpha value is -2.46. The molecule has 6 nitrogen and oxygen atoms in total. The average Bonchev–Trinajstić information content (AvgIpc) is 2.76. The molecular weight excluding hydrogens is 222 g/mol. The van der Waals surface area contributed by atoms with Crippen molar-refractivity contribution in [3.05, 3.63) is 46.4 Å². The highest BCUT2D eigenvalue weighted by Gasteiger charge is 2.09. The molecule has 0 amide bonds. The standard InChI is InChI=1S/C11H11N3O3/c1-3-8-5-9(17-7-8)6-10(13-14-12)11(15)16-4-2/h3,5-7H,1,4H2,2H3. The first-order valence-corrected chi connectivity index (χ1v) is 4.86. The second-order valence-corrected chi connectivity index (χ2v) is 2.93. The zero-order chi connectivity index (χ0) is 12.7. The molecule has 0 spiro atoms. The van der Waals surface area contributed by atoms with E-state index >= 15 is 0 Å². The van der Waals surface area contributed by atoms with E-state index in [2.05, 4.69) is 16.6 Å². The summed E-state index contributed by atoms with van der Waals surface area (Å²) in [6.07, 6.45) is 4.38. The summed E-state index contributed by atoms with van der Waals surface area (Å²) in [6, 6.07) is 1.65. The number of rotatable bonds is 5. The molecule has 6 heteroatoms. The van der Waals surface area contributed by atoms with Crippen LogP contribution in [-0.4, -0.2) is 12.6 Å². The quantitative estimate of drug-likeness (QED) is 0.257. The van der Waals surface area contributed by atoms with Gasteiger partial charge in [0.25, 0.3) is 0 Å². The second-order valence-electron chi connectivity index (χ2n) is 2.93. The van der Waals surface area contributed by atoms with Crippen LogP contribution in [0, 0.1) is 0 Å². The largest absolute Gasteiger partial charge is 0.464 e. The second kappa shape index (κ2) is 6.19. The molecule has 0 saturated carbocycles. The fourth-order valence-corrected chi connectivity index (χ4v) is 1.07. The molecule has 1 aromatic heterocycles. The molecule has 0 unspecified atom stereocenters. The Labute approximate surface area is 97.8 Å². The van der Waals surface area contributed by atoms with Crippen LogP contribution in [0.15, 0.2) is 34.1 Å². The fourth-order valence-electron chi connectivity index (χ4n) is 1.07. The van der Waals surface area contributed by atoms with Crippen LogP contribution in [0.4, 0.5) is 0 Å². The van der Waals surface area contributed by atoms with Gasteiger partial charge in [-0.1, -0.05) is 17.8 Å². The van der Waals surface area contributed by atoms with Crippen molar-refractivity contribution in [2.75, 3.05) is 6.61 Å². The molecule has 17 heavy (non-hydrogen) atoms. The number of esters is 1. The van der Waals surface area contributed by atoms with E-state index in [0.717, 1.165) is 5.56 Å². The van der Waals surface area contributed by atoms with Crippen LogP contribution < -0.4 is 0 Å². The average molecular weight is 233 g/mol. The first-order chi connectivity index (χ1) is 8.21. The third kappa shape index (κ3) is 3.55. The highest BCUT2D eigenvalue weighted by atomic mass is 16.5. The van der Waals surface area contributed by atoms with Crippen LogP contribution in [0.5, 0.6) is 0 Å². The van der Waals surface area contributed by atoms with E-state index in [9.17, 15) is 4.79 Å². The van der Waals surface area contributed by atoms with Gasteiger partial charge in [0.2, 0.25) is 0 Å². The first-order valence-electron chi connectivity index (χ1n) is 4.86. The third-order valence-corrected chi connectivity index (χ3v) is 1.79. The summed E-state index contributed by atoms with van der Waals surface area (Å²) in [4.78, 5) is 14.0. The number of carbonyl (C=O) groups excluding carboxylic acids is 1. The van der Waals surface area contributed by atoms with E-state index in [1.807, 2.05) is 0 Å². The van der Waals surface area contributed by atoms with Gasteiger partial charge in [0.1, 0.15) is 11.5 Å². The van der Waals surface area contributed by atoms with E-state index in [4.69, 9.17) is 14.7 Å². The molecule has 1 heterocycles. The monoisotopic (exact) mass is 233 g/mol. The van der Waals surface area contributed by atoms with Crippen molar-refractivity contribution in [3.8, 4) is 0 Å². The fraction of sp³-hybridized carbons (Fsp3) is 0.182. The SMILES string of the molecule is C=Cc1coc(C=C(N=[N+]=[N-])C(=O)OCC)c1. The van der Waals surface area contributed by atoms with E-state index in [0.29, 0.717) is 5.76 Å². The maximum atomic E-state index is 11.4. The highest BCUT2D eigenvalue weighted by molar-refractivity contribution is 5.92. The zero-order valence-electron chi connectivity index (χ0n) is 9.29. The van der Waals surface area contributed by atoms with Crippen LogP contribution >= 0.6 is 0 Å². The van der Waals surface area contributed by atoms with Gasteiger partial charge in [0, 0.05) is 10.5 Å². The lowest BCUT2D eigenvalue weighted by molar-refractivity contribution is -0.138. The van der Waals surface area contributed by atoms with E-state index < -0.39 is 5.97 Å². The molecule has 0 N–H and O–H groups in total. The normalized spacial score (nSPS) is 10.5. The van der Waals surface area contributed by atoms with Crippen molar-refractivity contribution >= 4 is 18.1 Å². The van der Waals surface area contributed by atoms with Gasteiger partial charge >= 0.3 is 5.97 Å². The van der Waals surface area contributed by atoms with Crippen LogP contribution in [0.25, 0.3) is 22.6 Å². The van der Waals surface area contributed by atoms with Gasteiger partial charge in [-0.15, -0.1) is 0 Å². The number of furan rings is 1. The number of hydrogen-bond donors (Lipinski definition) is 0. The van der Waals surface area contributed by atoms with Crippen LogP contribution in [-0.2, 0) is 9.53 Å². The summed E-state index contributed by atoms with van der Waals surface area (Å²) in [5.41, 5.74) is 8.96. The van der Waals surface area contributed by atoms with Crippen molar-refractivity contribution in [2.45, 2.75) is 6.92 Å². The topological polar surface area (TPSA) is 88.2 Å². The summed E-state index contributed by atoms with van der Waals surface area (Å²) in [5, 5.41) is 3.25. The number of ether oxygens (including phenoxy) is 1. The Kier molecular flexibility index (Phi) is 4.59. The minimum Gasteiger partial charge on any atom is -0.464 e. The Morgan fingerprint density at radius 3 is 3.06 bits per heavy atom. The molecule has 0 atom stereocenters. The van der Waals surface area contributed by atoms with Gasteiger partial charge in [0.05, 0.1) is 12.9 Å². The van der Waals surface area contributed by atoms with Crippen LogP contribution in [0.2, 0.25) is 0 Å². The number of azide groups is 1. The smallest absolute Gasteiger partial charge is 0.340 e. The maximum absolute atomic E-state index is 11.4. The molecule has 0 radical (unpaired) electrons. The molecule has 1 aromatic rings. The van der Waals surface area contributed by atoms with Gasteiger partial charge in [-0.25, -0.2) is 4.79 Å². The predicted octanol–water partition coefficient (Wildman–Crippen LogP) is 3.14. The maximum Gasteiger partial charge on any atom is 0.340 e. The lowest BCUT2D eigenvalue weighted by Crippen LogP contribution is -2.05. The summed E-state index contributed by atoms with van der Waals surface area (Å²) in [6.45, 7) is 5.43. The molecule has 0 fully saturated rings. The van der Waals surface area contributed by atoms with Crippen molar-refractivity contribution in [3.63, 3.8) is 0 Å². The molecule has 0 aromatic carbocycles. The Morgan fingerprint density at radius 1 is 1.76 bits per heavy atom. The Balaban J connectivity index is 3.00. The lowest BCUT2D eigenvalue weighted by Gasteiger charge is -1.99. The van der Waals surface area contributed by atoms with E-state index in [-0.39, 0.29) is 12.3 Å². The molecular formula is C11H11N3O3. The van der Waals surface area contributed by atoms with Gasteiger partial charge in [-0.3, -0.25) is 0 Å². The molecule has 88 valence electrons. The first kappa shape index (κ1) is 12.6. The van der Waals surface area contributed by atoms with E-state index in [1.165, 1.54) is 12.3 Å². The molecule has 0 aliphatic heterocycles. The minimum atomic E-state index is -0.693. The Morgan fingerprint density at radius 2 is 2.53 bits per heavy atom. The van der Waals surface area contributed by atoms with Gasteiger partial charge in [0.15, 0.2) is 0 Å². The minimum absolute atomic E-state index is 0.153. The van der Waals surface area contributed by atoms with Gasteiger partial charge in [-0.2, -0.15) is 0 Å². The highest BCUT2D eigenvalue weighted by Crippen LogP contribution is 2.14. The summed E-state index contributed by atoms with van der Waals surface area (Å²) in [5.74, 6) is -0.308. The lowest BCUT2D eigenvalue weighted by atomic mass is 10.3. The molecule has 0 saturated heterocycles. The third-order valence-electron chi connectivity index (χ3n) is 1.79. The molecule has 0 aliphatic carbocycles. The van der Waals surface area contributed by atoms with Gasteiger partial charge < -0.3 is 9.15 Å². The summed E-state index contributed by atoms with van der Waals surface area (Å²) >= 11 is 0. The van der Waals surface area contributed by atoms with Crippen LogP contribution in [0.3, 0.4) is 0 Å².